The molecule has 2 atom stereocenters. The number of nitrogens with zero attached hydrogens (tertiary/aromatic N) is 6. The van der Waals surface area contributed by atoms with E-state index in [2.05, 4.69) is 15.1 Å². The Bertz CT molecular complexity index is 1270. The molecular formula is C21H22FN7O2. The number of hydrogen-bond donors (Lipinski definition) is 1. The van der Waals surface area contributed by atoms with Crippen molar-refractivity contribution in [1.29, 1.82) is 0 Å². The van der Waals surface area contributed by atoms with Crippen molar-refractivity contribution in [1.82, 2.24) is 34.3 Å². The lowest BCUT2D eigenvalue weighted by atomic mass is 9.99. The van der Waals surface area contributed by atoms with Gasteiger partial charge < -0.3 is 14.6 Å². The number of aromatic nitrogens is 6. The average molecular weight is 423 g/mol. The number of carbonyl (C=O) groups is 1. The van der Waals surface area contributed by atoms with Gasteiger partial charge >= 0.3 is 0 Å². The van der Waals surface area contributed by atoms with Gasteiger partial charge in [0.2, 0.25) is 0 Å². The molecule has 4 aromatic heterocycles. The van der Waals surface area contributed by atoms with Crippen LogP contribution in [-0.2, 0) is 13.5 Å². The lowest BCUT2D eigenvalue weighted by molar-refractivity contribution is 0.0675. The number of ether oxygens (including phenoxy) is 1. The van der Waals surface area contributed by atoms with Gasteiger partial charge in [0.25, 0.3) is 5.91 Å². The van der Waals surface area contributed by atoms with Gasteiger partial charge in [0, 0.05) is 31.9 Å². The first-order valence-corrected chi connectivity index (χ1v) is 10.0. The van der Waals surface area contributed by atoms with Crippen molar-refractivity contribution >= 4 is 11.4 Å². The zero-order chi connectivity index (χ0) is 21.7. The van der Waals surface area contributed by atoms with E-state index in [1.165, 1.54) is 17.7 Å². The Morgan fingerprint density at radius 1 is 1.35 bits per heavy atom. The van der Waals surface area contributed by atoms with E-state index < -0.39 is 12.2 Å². The monoisotopic (exact) mass is 423 g/mol. The molecule has 1 N–H and O–H groups in total. The molecule has 1 aliphatic rings. The summed E-state index contributed by atoms with van der Waals surface area (Å²) in [5.41, 5.74) is 3.75. The van der Waals surface area contributed by atoms with Crippen molar-refractivity contribution in [2.75, 3.05) is 13.7 Å². The van der Waals surface area contributed by atoms with E-state index >= 15 is 0 Å². The molecule has 1 aliphatic heterocycles. The van der Waals surface area contributed by atoms with Crippen LogP contribution in [0.25, 0.3) is 5.52 Å². The smallest absolute Gasteiger partial charge is 0.273 e. The van der Waals surface area contributed by atoms with Crippen LogP contribution in [0.4, 0.5) is 4.39 Å². The van der Waals surface area contributed by atoms with Crippen LogP contribution in [0, 0.1) is 0 Å². The minimum absolute atomic E-state index is 0.234. The predicted molar refractivity (Wildman–Crippen MR) is 110 cm³/mol. The first-order chi connectivity index (χ1) is 15.0. The van der Waals surface area contributed by atoms with Gasteiger partial charge in [0.15, 0.2) is 0 Å². The number of amides is 1. The summed E-state index contributed by atoms with van der Waals surface area (Å²) >= 11 is 0. The summed E-state index contributed by atoms with van der Waals surface area (Å²) in [6.45, 7) is 1.87. The average Bonchev–Trinajstić information content (AvgIpc) is 3.49. The predicted octanol–water partition coefficient (Wildman–Crippen LogP) is 2.62. The molecule has 0 aliphatic carbocycles. The number of H-pyrrole nitrogens is 1. The normalized spacial score (nSPS) is 17.0. The number of methoxy groups -OCH3 is 1. The van der Waals surface area contributed by atoms with E-state index in [0.717, 1.165) is 16.9 Å². The molecule has 5 heterocycles. The highest BCUT2D eigenvalue weighted by atomic mass is 19.1. The number of hydrogen-bond acceptors (Lipinski definition) is 5. The molecule has 0 fully saturated rings. The first-order valence-electron chi connectivity index (χ1n) is 10.0. The number of pyridine rings is 1. The zero-order valence-corrected chi connectivity index (χ0v) is 17.4. The summed E-state index contributed by atoms with van der Waals surface area (Å²) < 4.78 is 22.4. The standard InChI is InChI=1S/C21H22FN7O2/c1-12(22)14-9-17(27(2)25-14)21(30)28-8-6-13-19(24-11-23-13)20(28)15-10-16-18(31-3)5-4-7-29(16)26-15/h4-5,7,9-12,20H,6,8H2,1-3H3,(H,23,24)/t12?,20-/m1/s1. The highest BCUT2D eigenvalue weighted by molar-refractivity contribution is 5.93. The molecule has 1 unspecified atom stereocenters. The van der Waals surface area contributed by atoms with Gasteiger partial charge in [-0.05, 0) is 31.2 Å². The molecule has 0 radical (unpaired) electrons. The number of carbonyl (C=O) groups excluding carboxylic acids is 1. The molecule has 160 valence electrons. The fourth-order valence-corrected chi connectivity index (χ4v) is 4.14. The van der Waals surface area contributed by atoms with E-state index in [-0.39, 0.29) is 11.6 Å². The number of aryl methyl sites for hydroxylation is 1. The van der Waals surface area contributed by atoms with Crippen molar-refractivity contribution < 1.29 is 13.9 Å². The number of halogens is 1. The molecule has 9 nitrogen and oxygen atoms in total. The van der Waals surface area contributed by atoms with Crippen molar-refractivity contribution in [2.45, 2.75) is 25.6 Å². The lowest BCUT2D eigenvalue weighted by Gasteiger charge is -2.33. The SMILES string of the molecule is COc1cccn2nc([C@@H]3c4nc[nH]c4CCN3C(=O)c3cc(C(C)F)nn3C)cc12. The summed E-state index contributed by atoms with van der Waals surface area (Å²) in [4.78, 5) is 22.9. The van der Waals surface area contributed by atoms with Crippen molar-refractivity contribution in [3.63, 3.8) is 0 Å². The highest BCUT2D eigenvalue weighted by Crippen LogP contribution is 2.35. The summed E-state index contributed by atoms with van der Waals surface area (Å²) in [7, 11) is 3.25. The molecule has 0 saturated carbocycles. The fraction of sp³-hybridized carbons (Fsp3) is 0.333. The largest absolute Gasteiger partial charge is 0.494 e. The summed E-state index contributed by atoms with van der Waals surface area (Å²) in [5, 5.41) is 8.86. The minimum atomic E-state index is -1.26. The van der Waals surface area contributed by atoms with Gasteiger partial charge in [-0.15, -0.1) is 0 Å². The van der Waals surface area contributed by atoms with Gasteiger partial charge in [-0.2, -0.15) is 10.2 Å². The quantitative estimate of drug-likeness (QED) is 0.545. The molecule has 0 spiro atoms. The Balaban J connectivity index is 1.62. The maximum atomic E-state index is 13.8. The van der Waals surface area contributed by atoms with E-state index in [0.29, 0.717) is 30.1 Å². The Hall–Kier alpha value is -3.69. The number of imidazole rings is 1. The number of nitrogens with one attached hydrogen (secondary N) is 1. The van der Waals surface area contributed by atoms with Crippen molar-refractivity contribution in [3.8, 4) is 5.75 Å². The van der Waals surface area contributed by atoms with Crippen molar-refractivity contribution in [2.24, 2.45) is 7.05 Å². The Labute approximate surface area is 177 Å². The number of aromatic amines is 1. The summed E-state index contributed by atoms with van der Waals surface area (Å²) in [6.07, 6.45) is 2.85. The van der Waals surface area contributed by atoms with Crippen LogP contribution in [0.1, 0.15) is 52.4 Å². The maximum absolute atomic E-state index is 13.8. The van der Waals surface area contributed by atoms with E-state index in [9.17, 15) is 9.18 Å². The number of fused-ring (bicyclic) bond motifs is 2. The molecule has 1 amide bonds. The van der Waals surface area contributed by atoms with Crippen LogP contribution in [0.2, 0.25) is 0 Å². The van der Waals surface area contributed by atoms with E-state index in [1.54, 1.807) is 29.9 Å². The van der Waals surface area contributed by atoms with Crippen LogP contribution in [0.5, 0.6) is 5.75 Å². The van der Waals surface area contributed by atoms with Crippen LogP contribution in [0.3, 0.4) is 0 Å². The van der Waals surface area contributed by atoms with Crippen LogP contribution < -0.4 is 4.74 Å². The molecule has 0 bridgehead atoms. The third-order valence-corrected chi connectivity index (χ3v) is 5.69. The Morgan fingerprint density at radius 2 is 2.19 bits per heavy atom. The van der Waals surface area contributed by atoms with E-state index in [1.807, 2.05) is 24.4 Å². The lowest BCUT2D eigenvalue weighted by Crippen LogP contribution is -2.41. The number of alkyl halides is 1. The minimum Gasteiger partial charge on any atom is -0.494 e. The second-order valence-electron chi connectivity index (χ2n) is 7.59. The second-order valence-corrected chi connectivity index (χ2v) is 7.59. The van der Waals surface area contributed by atoms with Gasteiger partial charge in [0.1, 0.15) is 29.2 Å². The fourth-order valence-electron chi connectivity index (χ4n) is 4.14. The van der Waals surface area contributed by atoms with Crippen LogP contribution >= 0.6 is 0 Å². The van der Waals surface area contributed by atoms with Gasteiger partial charge in [-0.25, -0.2) is 13.9 Å². The summed E-state index contributed by atoms with van der Waals surface area (Å²) in [5.74, 6) is 0.440. The van der Waals surface area contributed by atoms with Gasteiger partial charge in [-0.3, -0.25) is 9.48 Å². The van der Waals surface area contributed by atoms with Crippen LogP contribution in [0.15, 0.2) is 36.8 Å². The number of rotatable bonds is 4. The topological polar surface area (TPSA) is 93.3 Å². The van der Waals surface area contributed by atoms with Gasteiger partial charge in [0.05, 0.1) is 30.5 Å². The van der Waals surface area contributed by atoms with Crippen molar-refractivity contribution in [3.05, 3.63) is 65.3 Å². The third kappa shape index (κ3) is 3.06. The van der Waals surface area contributed by atoms with Crippen LogP contribution in [-0.4, -0.2) is 53.8 Å². The molecule has 4 aromatic rings. The molecular weight excluding hydrogens is 401 g/mol. The van der Waals surface area contributed by atoms with E-state index in [4.69, 9.17) is 9.84 Å². The molecule has 31 heavy (non-hydrogen) atoms. The zero-order valence-electron chi connectivity index (χ0n) is 17.4. The van der Waals surface area contributed by atoms with Gasteiger partial charge in [-0.1, -0.05) is 0 Å². The highest BCUT2D eigenvalue weighted by Gasteiger charge is 2.37. The third-order valence-electron chi connectivity index (χ3n) is 5.69. The summed E-state index contributed by atoms with van der Waals surface area (Å²) in [6, 6.07) is 6.64. The second kappa shape index (κ2) is 7.22. The Kier molecular flexibility index (Phi) is 4.49. The molecule has 0 aromatic carbocycles. The first kappa shape index (κ1) is 19.3. The molecule has 5 rings (SSSR count). The molecule has 0 saturated heterocycles. The maximum Gasteiger partial charge on any atom is 0.273 e. The Morgan fingerprint density at radius 3 is 2.94 bits per heavy atom. The molecule has 10 heteroatoms.